The van der Waals surface area contributed by atoms with Gasteiger partial charge in [0.2, 0.25) is 0 Å². The van der Waals surface area contributed by atoms with Crippen LogP contribution in [-0.4, -0.2) is 21.9 Å². The maximum atomic E-state index is 12.9. The van der Waals surface area contributed by atoms with Crippen LogP contribution >= 0.6 is 0 Å². The van der Waals surface area contributed by atoms with Crippen molar-refractivity contribution in [3.63, 3.8) is 0 Å². The minimum Gasteiger partial charge on any atom is -0.368 e. The summed E-state index contributed by atoms with van der Waals surface area (Å²) in [7, 11) is 0. The Labute approximate surface area is 159 Å². The normalized spacial score (nSPS) is 10.7. The lowest BCUT2D eigenvalue weighted by molar-refractivity contribution is 0.102. The Bertz CT molecular complexity index is 923. The first-order valence-corrected chi connectivity index (χ1v) is 9.17. The topological polar surface area (TPSA) is 66.9 Å². The van der Waals surface area contributed by atoms with Crippen LogP contribution in [-0.2, 0) is 6.42 Å². The van der Waals surface area contributed by atoms with Crippen molar-refractivity contribution >= 4 is 17.4 Å². The second-order valence-corrected chi connectivity index (χ2v) is 6.59. The monoisotopic (exact) mass is 360 g/mol. The molecule has 0 fully saturated rings. The minimum absolute atomic E-state index is 0.195. The van der Waals surface area contributed by atoms with Gasteiger partial charge in [-0.2, -0.15) is 0 Å². The molecule has 2 aromatic carbocycles. The van der Waals surface area contributed by atoms with E-state index >= 15 is 0 Å². The van der Waals surface area contributed by atoms with E-state index in [0.29, 0.717) is 17.3 Å². The van der Waals surface area contributed by atoms with E-state index in [4.69, 9.17) is 0 Å². The summed E-state index contributed by atoms with van der Waals surface area (Å²) in [6.45, 7) is 6.12. The van der Waals surface area contributed by atoms with Gasteiger partial charge in [0.15, 0.2) is 5.82 Å². The fourth-order valence-corrected chi connectivity index (χ4v) is 2.79. The van der Waals surface area contributed by atoms with Crippen LogP contribution in [0.1, 0.15) is 36.8 Å². The predicted molar refractivity (Wildman–Crippen MR) is 110 cm³/mol. The van der Waals surface area contributed by atoms with Gasteiger partial charge < -0.3 is 10.6 Å². The summed E-state index contributed by atoms with van der Waals surface area (Å²) in [4.78, 5) is 21.9. The predicted octanol–water partition coefficient (Wildman–Crippen LogP) is 4.78. The maximum Gasteiger partial charge on any atom is 0.274 e. The van der Waals surface area contributed by atoms with Crippen molar-refractivity contribution in [3.8, 4) is 11.4 Å². The third-order valence-corrected chi connectivity index (χ3v) is 4.07. The molecule has 0 aliphatic carbocycles. The number of carbonyl (C=O) groups is 1. The third-order valence-electron chi connectivity index (χ3n) is 4.07. The molecule has 0 spiro atoms. The van der Waals surface area contributed by atoms with Crippen molar-refractivity contribution in [2.24, 2.45) is 0 Å². The molecule has 3 aromatic rings. The van der Waals surface area contributed by atoms with Gasteiger partial charge in [-0.15, -0.1) is 0 Å². The number of hydrogen-bond donors (Lipinski definition) is 2. The van der Waals surface area contributed by atoms with Crippen LogP contribution in [0.25, 0.3) is 11.4 Å². The molecule has 0 atom stereocenters. The summed E-state index contributed by atoms with van der Waals surface area (Å²) in [5.41, 5.74) is 3.10. The number of carbonyl (C=O) groups excluding carboxylic acids is 1. The molecule has 27 heavy (non-hydrogen) atoms. The Morgan fingerprint density at radius 2 is 1.70 bits per heavy atom. The highest BCUT2D eigenvalue weighted by Gasteiger charge is 2.15. The summed E-state index contributed by atoms with van der Waals surface area (Å²) < 4.78 is 0. The summed E-state index contributed by atoms with van der Waals surface area (Å²) >= 11 is 0. The Hall–Kier alpha value is -3.21. The number of nitrogens with zero attached hydrogens (tertiary/aromatic N) is 2. The number of rotatable bonds is 6. The van der Waals surface area contributed by atoms with Crippen molar-refractivity contribution in [2.45, 2.75) is 33.2 Å². The number of aromatic nitrogens is 2. The van der Waals surface area contributed by atoms with E-state index in [-0.39, 0.29) is 11.9 Å². The molecule has 1 heterocycles. The molecule has 1 aromatic heterocycles. The molecule has 0 radical (unpaired) electrons. The van der Waals surface area contributed by atoms with Crippen LogP contribution < -0.4 is 10.6 Å². The third kappa shape index (κ3) is 4.70. The van der Waals surface area contributed by atoms with Gasteiger partial charge in [-0.25, -0.2) is 9.97 Å². The van der Waals surface area contributed by atoms with Gasteiger partial charge in [0, 0.05) is 23.4 Å². The van der Waals surface area contributed by atoms with Gasteiger partial charge in [0.25, 0.3) is 5.91 Å². The van der Waals surface area contributed by atoms with Gasteiger partial charge in [-0.3, -0.25) is 4.79 Å². The highest BCUT2D eigenvalue weighted by Crippen LogP contribution is 2.20. The molecule has 5 heteroatoms. The molecule has 3 rings (SSSR count). The second kappa shape index (κ2) is 8.45. The zero-order chi connectivity index (χ0) is 19.2. The van der Waals surface area contributed by atoms with Crippen LogP contribution in [0.2, 0.25) is 0 Å². The van der Waals surface area contributed by atoms with E-state index in [1.807, 2.05) is 68.4 Å². The number of para-hydroxylation sites is 1. The lowest BCUT2D eigenvalue weighted by atomic mass is 10.1. The van der Waals surface area contributed by atoms with Crippen molar-refractivity contribution in [1.82, 2.24) is 9.97 Å². The van der Waals surface area contributed by atoms with E-state index in [1.165, 1.54) is 0 Å². The average molecular weight is 360 g/mol. The zero-order valence-corrected chi connectivity index (χ0v) is 15.9. The average Bonchev–Trinajstić information content (AvgIpc) is 2.68. The lowest BCUT2D eigenvalue weighted by Crippen LogP contribution is -2.18. The molecule has 2 N–H and O–H groups in total. The van der Waals surface area contributed by atoms with E-state index in [0.717, 1.165) is 23.2 Å². The highest BCUT2D eigenvalue weighted by atomic mass is 16.1. The second-order valence-electron chi connectivity index (χ2n) is 6.59. The highest BCUT2D eigenvalue weighted by molar-refractivity contribution is 6.04. The van der Waals surface area contributed by atoms with E-state index < -0.39 is 0 Å². The molecule has 0 unspecified atom stereocenters. The first-order chi connectivity index (χ1) is 13.1. The maximum absolute atomic E-state index is 12.9. The summed E-state index contributed by atoms with van der Waals surface area (Å²) in [5.74, 6) is 0.908. The molecular formula is C22H24N4O. The number of amides is 1. The van der Waals surface area contributed by atoms with Gasteiger partial charge >= 0.3 is 0 Å². The van der Waals surface area contributed by atoms with Crippen LogP contribution in [0.5, 0.6) is 0 Å². The quantitative estimate of drug-likeness (QED) is 0.664. The molecule has 0 aliphatic heterocycles. The van der Waals surface area contributed by atoms with Gasteiger partial charge in [0.1, 0.15) is 11.5 Å². The van der Waals surface area contributed by atoms with Crippen molar-refractivity contribution in [2.75, 3.05) is 10.6 Å². The molecule has 0 saturated carbocycles. The van der Waals surface area contributed by atoms with E-state index in [9.17, 15) is 4.79 Å². The number of hydrogen-bond acceptors (Lipinski definition) is 4. The summed E-state index contributed by atoms with van der Waals surface area (Å²) in [5, 5.41) is 6.25. The van der Waals surface area contributed by atoms with Crippen molar-refractivity contribution < 1.29 is 4.79 Å². The molecule has 1 amide bonds. The molecule has 0 saturated heterocycles. The number of nitrogens with one attached hydrogen (secondary N) is 2. The molecule has 138 valence electrons. The Morgan fingerprint density at radius 1 is 1.00 bits per heavy atom. The van der Waals surface area contributed by atoms with E-state index in [2.05, 4.69) is 27.5 Å². The molecule has 0 bridgehead atoms. The van der Waals surface area contributed by atoms with Gasteiger partial charge in [-0.05, 0) is 31.9 Å². The SMILES string of the molecule is CCc1ccccc1NC(=O)c1cc(NC(C)C)nc(-c2ccccc2)n1. The summed E-state index contributed by atoms with van der Waals surface area (Å²) in [6.07, 6.45) is 0.843. The minimum atomic E-state index is -0.248. The van der Waals surface area contributed by atoms with Crippen LogP contribution in [0, 0.1) is 0 Å². The Kier molecular flexibility index (Phi) is 5.81. The first-order valence-electron chi connectivity index (χ1n) is 9.17. The standard InChI is InChI=1S/C22H24N4O/c1-4-16-10-8-9-13-18(16)25-22(27)19-14-20(23-15(2)3)26-21(24-19)17-11-6-5-7-12-17/h5-15H,4H2,1-3H3,(H,25,27)(H,23,24,26). The largest absolute Gasteiger partial charge is 0.368 e. The summed E-state index contributed by atoms with van der Waals surface area (Å²) in [6, 6.07) is 19.3. The van der Waals surface area contributed by atoms with E-state index in [1.54, 1.807) is 6.07 Å². The number of benzene rings is 2. The lowest BCUT2D eigenvalue weighted by Gasteiger charge is -2.13. The van der Waals surface area contributed by atoms with Gasteiger partial charge in [0.05, 0.1) is 0 Å². The smallest absolute Gasteiger partial charge is 0.274 e. The van der Waals surface area contributed by atoms with Crippen LogP contribution in [0.15, 0.2) is 60.7 Å². The number of anilines is 2. The Morgan fingerprint density at radius 3 is 2.41 bits per heavy atom. The van der Waals surface area contributed by atoms with Crippen molar-refractivity contribution in [1.29, 1.82) is 0 Å². The molecule has 5 nitrogen and oxygen atoms in total. The number of aryl methyl sites for hydroxylation is 1. The Balaban J connectivity index is 1.96. The first kappa shape index (κ1) is 18.6. The van der Waals surface area contributed by atoms with Gasteiger partial charge in [-0.1, -0.05) is 55.5 Å². The fraction of sp³-hybridized carbons (Fsp3) is 0.227. The van der Waals surface area contributed by atoms with Crippen LogP contribution in [0.3, 0.4) is 0 Å². The van der Waals surface area contributed by atoms with Crippen molar-refractivity contribution in [3.05, 3.63) is 71.9 Å². The van der Waals surface area contributed by atoms with Crippen LogP contribution in [0.4, 0.5) is 11.5 Å². The molecule has 0 aliphatic rings. The fourth-order valence-electron chi connectivity index (χ4n) is 2.79. The molecular weight excluding hydrogens is 336 g/mol. The zero-order valence-electron chi connectivity index (χ0n) is 15.9.